The van der Waals surface area contributed by atoms with Crippen LogP contribution in [0.25, 0.3) is 10.9 Å². The highest BCUT2D eigenvalue weighted by molar-refractivity contribution is 6.01. The molecule has 6 heteroatoms. The first kappa shape index (κ1) is 18.5. The van der Waals surface area contributed by atoms with E-state index in [0.717, 1.165) is 36.8 Å². The van der Waals surface area contributed by atoms with Gasteiger partial charge in [-0.05, 0) is 57.9 Å². The maximum Gasteiger partial charge on any atom is 0.335 e. The van der Waals surface area contributed by atoms with Crippen LogP contribution in [0.4, 0.5) is 0 Å². The van der Waals surface area contributed by atoms with Crippen molar-refractivity contribution in [2.24, 2.45) is 0 Å². The van der Waals surface area contributed by atoms with E-state index in [-0.39, 0.29) is 17.5 Å². The summed E-state index contributed by atoms with van der Waals surface area (Å²) in [6.07, 6.45) is 1.92. The number of carboxylic acid groups (broad SMARTS) is 1. The maximum atomic E-state index is 12.8. The first-order valence-corrected chi connectivity index (χ1v) is 9.32. The van der Waals surface area contributed by atoms with Crippen LogP contribution in [0.15, 0.2) is 24.3 Å². The van der Waals surface area contributed by atoms with Crippen LogP contribution in [0.5, 0.6) is 0 Å². The van der Waals surface area contributed by atoms with Crippen LogP contribution < -0.4 is 5.32 Å². The largest absolute Gasteiger partial charge is 0.478 e. The summed E-state index contributed by atoms with van der Waals surface area (Å²) in [5.74, 6) is -1.04. The van der Waals surface area contributed by atoms with Gasteiger partial charge in [0.1, 0.15) is 5.69 Å². The van der Waals surface area contributed by atoms with Gasteiger partial charge in [-0.25, -0.2) is 4.79 Å². The van der Waals surface area contributed by atoms with Crippen molar-refractivity contribution >= 4 is 22.8 Å². The van der Waals surface area contributed by atoms with Crippen molar-refractivity contribution in [2.45, 2.75) is 52.2 Å². The summed E-state index contributed by atoms with van der Waals surface area (Å²) in [4.78, 5) is 26.5. The molecular weight excluding hydrogens is 330 g/mol. The van der Waals surface area contributed by atoms with Crippen molar-refractivity contribution in [3.8, 4) is 0 Å². The second-order valence-corrected chi connectivity index (χ2v) is 7.23. The molecule has 1 aliphatic heterocycles. The minimum atomic E-state index is -0.959. The zero-order valence-corrected chi connectivity index (χ0v) is 15.7. The van der Waals surface area contributed by atoms with Gasteiger partial charge in [0.2, 0.25) is 0 Å². The molecule has 1 amide bonds. The highest BCUT2D eigenvalue weighted by atomic mass is 16.4. The predicted molar refractivity (Wildman–Crippen MR) is 102 cm³/mol. The molecule has 1 saturated heterocycles. The number of hydrogen-bond donors (Lipinski definition) is 2. The number of carboxylic acids is 1. The quantitative estimate of drug-likeness (QED) is 0.863. The van der Waals surface area contributed by atoms with Crippen molar-refractivity contribution in [3.05, 3.63) is 35.5 Å². The molecule has 1 aromatic carbocycles. The molecule has 0 bridgehead atoms. The first-order valence-electron chi connectivity index (χ1n) is 9.32. The molecule has 2 heterocycles. The molecule has 0 unspecified atom stereocenters. The normalized spacial score (nSPS) is 16.3. The van der Waals surface area contributed by atoms with E-state index in [9.17, 15) is 14.7 Å². The number of carbonyl (C=O) groups excluding carboxylic acids is 1. The third kappa shape index (κ3) is 3.60. The van der Waals surface area contributed by atoms with E-state index in [1.54, 1.807) is 24.3 Å². The minimum absolute atomic E-state index is 0.0806. The summed E-state index contributed by atoms with van der Waals surface area (Å²) < 4.78 is 1.94. The lowest BCUT2D eigenvalue weighted by Gasteiger charge is -2.34. The van der Waals surface area contributed by atoms with Gasteiger partial charge < -0.3 is 19.9 Å². The molecule has 0 atom stereocenters. The number of nitrogens with zero attached hydrogens (tertiary/aromatic N) is 2. The standard InChI is InChI=1S/C20H27N3O3/c1-4-23-17-6-5-14(20(25)26)11-15(17)12-18(23)19(24)21-16-7-9-22(10-8-16)13(2)3/h5-6,11-13,16H,4,7-10H2,1-3H3,(H,21,24)(H,25,26). The number of benzene rings is 1. The Morgan fingerprint density at radius 3 is 2.50 bits per heavy atom. The first-order chi connectivity index (χ1) is 12.4. The van der Waals surface area contributed by atoms with Crippen LogP contribution in [0.2, 0.25) is 0 Å². The van der Waals surface area contributed by atoms with Gasteiger partial charge in [0.05, 0.1) is 5.56 Å². The Morgan fingerprint density at radius 1 is 1.23 bits per heavy atom. The van der Waals surface area contributed by atoms with Crippen molar-refractivity contribution < 1.29 is 14.7 Å². The van der Waals surface area contributed by atoms with E-state index in [0.29, 0.717) is 18.3 Å². The fraction of sp³-hybridized carbons (Fsp3) is 0.500. The molecule has 0 radical (unpaired) electrons. The average molecular weight is 357 g/mol. The number of fused-ring (bicyclic) bond motifs is 1. The summed E-state index contributed by atoms with van der Waals surface area (Å²) >= 11 is 0. The number of hydrogen-bond acceptors (Lipinski definition) is 3. The number of likely N-dealkylation sites (tertiary alicyclic amines) is 1. The lowest BCUT2D eigenvalue weighted by Crippen LogP contribution is -2.46. The van der Waals surface area contributed by atoms with Crippen LogP contribution in [0.3, 0.4) is 0 Å². The molecule has 1 aromatic heterocycles. The Balaban J connectivity index is 1.78. The van der Waals surface area contributed by atoms with E-state index in [4.69, 9.17) is 0 Å². The summed E-state index contributed by atoms with van der Waals surface area (Å²) in [6.45, 7) is 9.05. The predicted octanol–water partition coefficient (Wildman–Crippen LogP) is 2.96. The molecule has 3 rings (SSSR count). The third-order valence-corrected chi connectivity index (χ3v) is 5.29. The van der Waals surface area contributed by atoms with Gasteiger partial charge in [0, 0.05) is 42.6 Å². The number of aryl methyl sites for hydroxylation is 1. The maximum absolute atomic E-state index is 12.8. The summed E-state index contributed by atoms with van der Waals surface area (Å²) in [5, 5.41) is 13.1. The van der Waals surface area contributed by atoms with Gasteiger partial charge in [0.15, 0.2) is 0 Å². The fourth-order valence-electron chi connectivity index (χ4n) is 3.75. The number of amides is 1. The average Bonchev–Trinajstić information content (AvgIpc) is 2.99. The van der Waals surface area contributed by atoms with Crippen LogP contribution in [-0.2, 0) is 6.54 Å². The number of carbonyl (C=O) groups is 2. The second kappa shape index (κ2) is 7.50. The molecule has 2 aromatic rings. The van der Waals surface area contributed by atoms with Crippen LogP contribution >= 0.6 is 0 Å². The molecule has 140 valence electrons. The molecule has 0 saturated carbocycles. The summed E-state index contributed by atoms with van der Waals surface area (Å²) in [5.41, 5.74) is 1.72. The summed E-state index contributed by atoms with van der Waals surface area (Å²) in [7, 11) is 0. The topological polar surface area (TPSA) is 74.6 Å². The lowest BCUT2D eigenvalue weighted by molar-refractivity contribution is 0.0696. The van der Waals surface area contributed by atoms with E-state index in [2.05, 4.69) is 24.1 Å². The van der Waals surface area contributed by atoms with Gasteiger partial charge in [0.25, 0.3) is 5.91 Å². The smallest absolute Gasteiger partial charge is 0.335 e. The van der Waals surface area contributed by atoms with E-state index in [1.807, 2.05) is 11.5 Å². The Bertz CT molecular complexity index is 817. The SMILES string of the molecule is CCn1c(C(=O)NC2CCN(C(C)C)CC2)cc2cc(C(=O)O)ccc21. The van der Waals surface area contributed by atoms with Gasteiger partial charge in [-0.2, -0.15) is 0 Å². The van der Waals surface area contributed by atoms with Gasteiger partial charge in [-0.1, -0.05) is 0 Å². The summed E-state index contributed by atoms with van der Waals surface area (Å²) in [6, 6.07) is 7.51. The van der Waals surface area contributed by atoms with E-state index in [1.165, 1.54) is 0 Å². The zero-order valence-electron chi connectivity index (χ0n) is 15.7. The molecule has 2 N–H and O–H groups in total. The van der Waals surface area contributed by atoms with Gasteiger partial charge in [-0.15, -0.1) is 0 Å². The van der Waals surface area contributed by atoms with Crippen LogP contribution in [-0.4, -0.2) is 51.6 Å². The van der Waals surface area contributed by atoms with Crippen LogP contribution in [0.1, 0.15) is 54.5 Å². The number of nitrogens with one attached hydrogen (secondary N) is 1. The highest BCUT2D eigenvalue weighted by Gasteiger charge is 2.24. The minimum Gasteiger partial charge on any atom is -0.478 e. The Kier molecular flexibility index (Phi) is 5.32. The van der Waals surface area contributed by atoms with E-state index < -0.39 is 5.97 Å². The Morgan fingerprint density at radius 2 is 1.92 bits per heavy atom. The van der Waals surface area contributed by atoms with Crippen molar-refractivity contribution in [1.29, 1.82) is 0 Å². The second-order valence-electron chi connectivity index (χ2n) is 7.23. The number of aromatic nitrogens is 1. The zero-order chi connectivity index (χ0) is 18.8. The number of rotatable bonds is 5. The number of aromatic carboxylic acids is 1. The molecular formula is C20H27N3O3. The number of piperidine rings is 1. The van der Waals surface area contributed by atoms with Crippen molar-refractivity contribution in [2.75, 3.05) is 13.1 Å². The Labute approximate surface area is 153 Å². The molecule has 6 nitrogen and oxygen atoms in total. The highest BCUT2D eigenvalue weighted by Crippen LogP contribution is 2.22. The molecule has 26 heavy (non-hydrogen) atoms. The van der Waals surface area contributed by atoms with Crippen molar-refractivity contribution in [1.82, 2.24) is 14.8 Å². The van der Waals surface area contributed by atoms with Gasteiger partial charge >= 0.3 is 5.97 Å². The van der Waals surface area contributed by atoms with E-state index >= 15 is 0 Å². The molecule has 1 fully saturated rings. The lowest BCUT2D eigenvalue weighted by atomic mass is 10.0. The fourth-order valence-corrected chi connectivity index (χ4v) is 3.75. The van der Waals surface area contributed by atoms with Crippen LogP contribution in [0, 0.1) is 0 Å². The molecule has 0 aliphatic carbocycles. The van der Waals surface area contributed by atoms with Crippen molar-refractivity contribution in [3.63, 3.8) is 0 Å². The Hall–Kier alpha value is -2.34. The third-order valence-electron chi connectivity index (χ3n) is 5.29. The molecule has 1 aliphatic rings. The molecule has 0 spiro atoms. The monoisotopic (exact) mass is 357 g/mol. The van der Waals surface area contributed by atoms with Gasteiger partial charge in [-0.3, -0.25) is 4.79 Å².